The van der Waals surface area contributed by atoms with Crippen molar-refractivity contribution < 1.29 is 9.90 Å². The first-order valence-corrected chi connectivity index (χ1v) is 11.0. The molecule has 0 atom stereocenters. The van der Waals surface area contributed by atoms with Crippen LogP contribution in [0.2, 0.25) is 0 Å². The van der Waals surface area contributed by atoms with E-state index >= 15 is 0 Å². The molecule has 7 aromatic carbocycles. The molecule has 0 bridgehead atoms. The summed E-state index contributed by atoms with van der Waals surface area (Å²) < 4.78 is 0. The lowest BCUT2D eigenvalue weighted by Crippen LogP contribution is -1.95. The number of carbonyl (C=O) groups is 1. The van der Waals surface area contributed by atoms with Crippen molar-refractivity contribution in [2.24, 2.45) is 0 Å². The molecule has 2 heteroatoms. The smallest absolute Gasteiger partial charge is 0.335 e. The van der Waals surface area contributed by atoms with E-state index < -0.39 is 5.97 Å². The fraction of sp³-hybridized carbons (Fsp3) is 0. The second-order valence-electron chi connectivity index (χ2n) is 8.68. The summed E-state index contributed by atoms with van der Waals surface area (Å²) in [5, 5.41) is 23.5. The highest BCUT2D eigenvalue weighted by Crippen LogP contribution is 2.41. The first-order chi connectivity index (χ1) is 16.2. The first-order valence-electron chi connectivity index (χ1n) is 11.0. The van der Waals surface area contributed by atoms with Gasteiger partial charge in [-0.3, -0.25) is 0 Å². The summed E-state index contributed by atoms with van der Waals surface area (Å²) >= 11 is 0. The Morgan fingerprint density at radius 3 is 1.45 bits per heavy atom. The van der Waals surface area contributed by atoms with Gasteiger partial charge in [0.2, 0.25) is 0 Å². The van der Waals surface area contributed by atoms with Gasteiger partial charge in [-0.25, -0.2) is 4.79 Å². The standard InChI is InChI=1S/C31H18O2/c32-31(33)24-16-7-19-6-9-21-11-13-23-15-14-22-12-10-20-8-5-18-3-1-2-4-25(18)27(20)29(22)30(23)28(21)26(19)17-24/h1-17H,(H,32,33). The minimum Gasteiger partial charge on any atom is -0.478 e. The zero-order chi connectivity index (χ0) is 22.1. The second kappa shape index (κ2) is 6.54. The summed E-state index contributed by atoms with van der Waals surface area (Å²) in [6.07, 6.45) is 0. The van der Waals surface area contributed by atoms with Crippen LogP contribution < -0.4 is 0 Å². The molecule has 0 aliphatic carbocycles. The zero-order valence-corrected chi connectivity index (χ0v) is 17.7. The van der Waals surface area contributed by atoms with Crippen LogP contribution in [-0.4, -0.2) is 11.1 Å². The number of aromatic carboxylic acids is 1. The Balaban J connectivity index is 1.84. The molecule has 154 valence electrons. The zero-order valence-electron chi connectivity index (χ0n) is 17.7. The molecule has 0 saturated heterocycles. The lowest BCUT2D eigenvalue weighted by atomic mass is 9.89. The van der Waals surface area contributed by atoms with Crippen LogP contribution in [0.15, 0.2) is 103 Å². The van der Waals surface area contributed by atoms with Crippen LogP contribution in [0.4, 0.5) is 0 Å². The summed E-state index contributed by atoms with van der Waals surface area (Å²) in [6.45, 7) is 0. The van der Waals surface area contributed by atoms with Gasteiger partial charge in [-0.1, -0.05) is 91.0 Å². The SMILES string of the molecule is O=C(O)c1ccc2ccc3ccc4ccc5ccc6ccc7ccccc7c6c5c4c3c2c1. The van der Waals surface area contributed by atoms with Gasteiger partial charge in [-0.05, 0) is 76.8 Å². The lowest BCUT2D eigenvalue weighted by molar-refractivity contribution is 0.0697. The Bertz CT molecular complexity index is 1930. The maximum absolute atomic E-state index is 11.8. The van der Waals surface area contributed by atoms with Gasteiger partial charge in [-0.2, -0.15) is 0 Å². The maximum atomic E-state index is 11.8. The van der Waals surface area contributed by atoms with Crippen molar-refractivity contribution in [3.05, 3.63) is 109 Å². The Kier molecular flexibility index (Phi) is 3.60. The summed E-state index contributed by atoms with van der Waals surface area (Å²) in [7, 11) is 0. The largest absolute Gasteiger partial charge is 0.478 e. The predicted octanol–water partition coefficient (Wildman–Crippen LogP) is 8.30. The summed E-state index contributed by atoms with van der Waals surface area (Å²) in [4.78, 5) is 11.8. The molecule has 0 saturated carbocycles. The molecule has 0 fully saturated rings. The number of carboxylic acids is 1. The number of benzene rings is 7. The van der Waals surface area contributed by atoms with Crippen molar-refractivity contribution in [2.45, 2.75) is 0 Å². The van der Waals surface area contributed by atoms with Crippen molar-refractivity contribution in [2.75, 3.05) is 0 Å². The molecule has 0 aliphatic heterocycles. The molecule has 0 unspecified atom stereocenters. The van der Waals surface area contributed by atoms with Gasteiger partial charge in [0.25, 0.3) is 0 Å². The Morgan fingerprint density at radius 1 is 0.455 bits per heavy atom. The van der Waals surface area contributed by atoms with E-state index in [1.54, 1.807) is 6.07 Å². The van der Waals surface area contributed by atoms with E-state index in [1.165, 1.54) is 37.7 Å². The second-order valence-corrected chi connectivity index (χ2v) is 8.68. The van der Waals surface area contributed by atoms with Crippen LogP contribution in [0.25, 0.3) is 64.6 Å². The normalized spacial score (nSPS) is 11.9. The van der Waals surface area contributed by atoms with Crippen LogP contribution in [-0.2, 0) is 0 Å². The van der Waals surface area contributed by atoms with Gasteiger partial charge in [0.05, 0.1) is 5.56 Å². The average molecular weight is 422 g/mol. The minimum absolute atomic E-state index is 0.308. The van der Waals surface area contributed by atoms with Crippen molar-refractivity contribution in [1.82, 2.24) is 0 Å². The van der Waals surface area contributed by atoms with E-state index in [0.717, 1.165) is 26.9 Å². The fourth-order valence-corrected chi connectivity index (χ4v) is 5.40. The highest BCUT2D eigenvalue weighted by atomic mass is 16.4. The quantitative estimate of drug-likeness (QED) is 0.270. The van der Waals surface area contributed by atoms with Crippen LogP contribution in [0.1, 0.15) is 10.4 Å². The van der Waals surface area contributed by atoms with Crippen LogP contribution in [0.3, 0.4) is 0 Å². The number of hydrogen-bond donors (Lipinski definition) is 1. The molecule has 7 rings (SSSR count). The Morgan fingerprint density at radius 2 is 0.879 bits per heavy atom. The van der Waals surface area contributed by atoms with Gasteiger partial charge in [0.1, 0.15) is 0 Å². The molecule has 0 aliphatic rings. The third-order valence-corrected chi connectivity index (χ3v) is 6.92. The molecule has 0 spiro atoms. The minimum atomic E-state index is -0.907. The molecule has 0 aromatic heterocycles. The lowest BCUT2D eigenvalue weighted by Gasteiger charge is -2.14. The van der Waals surface area contributed by atoms with E-state index in [-0.39, 0.29) is 0 Å². The Hall–Kier alpha value is -4.43. The number of rotatable bonds is 1. The number of hydrogen-bond acceptors (Lipinski definition) is 1. The Labute approximate surface area is 189 Å². The van der Waals surface area contributed by atoms with Crippen molar-refractivity contribution >= 4 is 70.6 Å². The molecule has 2 nitrogen and oxygen atoms in total. The van der Waals surface area contributed by atoms with Crippen LogP contribution in [0, 0.1) is 0 Å². The molecule has 0 amide bonds. The van der Waals surface area contributed by atoms with Crippen LogP contribution in [0.5, 0.6) is 0 Å². The first kappa shape index (κ1) is 18.2. The van der Waals surface area contributed by atoms with Gasteiger partial charge in [0, 0.05) is 0 Å². The van der Waals surface area contributed by atoms with Crippen molar-refractivity contribution in [3.8, 4) is 0 Å². The van der Waals surface area contributed by atoms with E-state index in [0.29, 0.717) is 5.56 Å². The third-order valence-electron chi connectivity index (χ3n) is 6.92. The van der Waals surface area contributed by atoms with Gasteiger partial charge < -0.3 is 5.11 Å². The molecule has 0 heterocycles. The summed E-state index contributed by atoms with van der Waals surface area (Å²) in [5.74, 6) is -0.907. The highest BCUT2D eigenvalue weighted by molar-refractivity contribution is 6.35. The van der Waals surface area contributed by atoms with E-state index in [2.05, 4.69) is 84.9 Å². The predicted molar refractivity (Wildman–Crippen MR) is 138 cm³/mol. The van der Waals surface area contributed by atoms with Gasteiger partial charge in [0.15, 0.2) is 0 Å². The summed E-state index contributed by atoms with van der Waals surface area (Å²) in [6, 6.07) is 35.6. The maximum Gasteiger partial charge on any atom is 0.335 e. The number of fused-ring (bicyclic) bond motifs is 11. The topological polar surface area (TPSA) is 37.3 Å². The third kappa shape index (κ3) is 2.52. The average Bonchev–Trinajstić information content (AvgIpc) is 2.87. The molecule has 33 heavy (non-hydrogen) atoms. The summed E-state index contributed by atoms with van der Waals surface area (Å²) in [5.41, 5.74) is 0.308. The van der Waals surface area contributed by atoms with Crippen LogP contribution >= 0.6 is 0 Å². The van der Waals surface area contributed by atoms with Gasteiger partial charge >= 0.3 is 5.97 Å². The molecule has 1 N–H and O–H groups in total. The molecular formula is C31H18O2. The van der Waals surface area contributed by atoms with E-state index in [9.17, 15) is 9.90 Å². The molecule has 0 radical (unpaired) electrons. The van der Waals surface area contributed by atoms with E-state index in [4.69, 9.17) is 0 Å². The van der Waals surface area contributed by atoms with Crippen molar-refractivity contribution in [1.29, 1.82) is 0 Å². The van der Waals surface area contributed by atoms with E-state index in [1.807, 2.05) is 12.1 Å². The van der Waals surface area contributed by atoms with Gasteiger partial charge in [-0.15, -0.1) is 0 Å². The molecule has 7 aromatic rings. The fourth-order valence-electron chi connectivity index (χ4n) is 5.40. The molecular weight excluding hydrogens is 404 g/mol. The van der Waals surface area contributed by atoms with Crippen molar-refractivity contribution in [3.63, 3.8) is 0 Å². The highest BCUT2D eigenvalue weighted by Gasteiger charge is 2.14. The number of carboxylic acid groups (broad SMARTS) is 1. The monoisotopic (exact) mass is 422 g/mol.